The van der Waals surface area contributed by atoms with Crippen LogP contribution < -0.4 is 9.80 Å². The summed E-state index contributed by atoms with van der Waals surface area (Å²) < 4.78 is 97.8. The van der Waals surface area contributed by atoms with Gasteiger partial charge in [0.2, 0.25) is 0 Å². The van der Waals surface area contributed by atoms with Crippen LogP contribution >= 0.6 is 0 Å². The number of benzene rings is 10. The molecule has 334 valence electrons. The lowest BCUT2D eigenvalue weighted by Crippen LogP contribution is -2.13. The third-order valence-electron chi connectivity index (χ3n) is 13.4. The summed E-state index contributed by atoms with van der Waals surface area (Å²) in [4.78, 5) is 3.93. The number of para-hydroxylation sites is 4. The summed E-state index contributed by atoms with van der Waals surface area (Å²) in [7, 11) is 0. The number of hydrogen-bond donors (Lipinski definition) is 0. The van der Waals surface area contributed by atoms with Gasteiger partial charge in [-0.1, -0.05) is 111 Å². The van der Waals surface area contributed by atoms with Crippen LogP contribution in [-0.2, 0) is 25.2 Å². The number of alkyl halides is 6. The topological polar surface area (TPSA) is 32.8 Å². The van der Waals surface area contributed by atoms with Crippen LogP contribution in [0.2, 0.25) is 0 Å². The Morgan fingerprint density at radius 1 is 0.353 bits per heavy atom. The van der Waals surface area contributed by atoms with Gasteiger partial charge in [-0.15, -0.1) is 0 Å². The zero-order chi connectivity index (χ0) is 46.6. The van der Waals surface area contributed by atoms with Crippen LogP contribution in [0.4, 0.5) is 60.5 Å². The van der Waals surface area contributed by atoms with Crippen LogP contribution in [0.3, 0.4) is 0 Å². The monoisotopic (exact) mass is 908 g/mol. The lowest BCUT2D eigenvalue weighted by atomic mass is 9.91. The second-order valence-corrected chi connectivity index (χ2v) is 17.2. The summed E-state index contributed by atoms with van der Waals surface area (Å²) >= 11 is 0. The molecule has 0 saturated heterocycles. The predicted molar refractivity (Wildman–Crippen MR) is 263 cm³/mol. The molecular formula is C58H38F6N2O2. The molecule has 4 nitrogen and oxygen atoms in total. The highest BCUT2D eigenvalue weighted by Crippen LogP contribution is 2.51. The zero-order valence-electron chi connectivity index (χ0n) is 36.6. The van der Waals surface area contributed by atoms with Crippen molar-refractivity contribution in [3.8, 4) is 0 Å². The van der Waals surface area contributed by atoms with Crippen LogP contribution in [0.15, 0.2) is 179 Å². The van der Waals surface area contributed by atoms with Crippen LogP contribution in [-0.4, -0.2) is 0 Å². The summed E-state index contributed by atoms with van der Waals surface area (Å²) in [5, 5.41) is 8.95. The Balaban J connectivity index is 1.12. The van der Waals surface area contributed by atoms with Crippen molar-refractivity contribution >= 4 is 110 Å². The number of hydrogen-bond acceptors (Lipinski definition) is 4. The fourth-order valence-electron chi connectivity index (χ4n) is 10.2. The highest BCUT2D eigenvalue weighted by molar-refractivity contribution is 6.28. The summed E-state index contributed by atoms with van der Waals surface area (Å²) in [6, 6.07) is 50.3. The van der Waals surface area contributed by atoms with E-state index in [9.17, 15) is 26.3 Å². The predicted octanol–water partition coefficient (Wildman–Crippen LogP) is 18.5. The molecule has 0 unspecified atom stereocenters. The largest absolute Gasteiger partial charge is 0.454 e. The molecule has 0 aliphatic carbocycles. The van der Waals surface area contributed by atoms with Gasteiger partial charge in [-0.2, -0.15) is 26.3 Å². The molecule has 12 rings (SSSR count). The number of nitrogens with zero attached hydrogens (tertiary/aromatic N) is 2. The number of furan rings is 2. The van der Waals surface area contributed by atoms with Crippen molar-refractivity contribution in [1.82, 2.24) is 0 Å². The molecule has 0 radical (unpaired) electrons. The quantitative estimate of drug-likeness (QED) is 0.112. The smallest absolute Gasteiger partial charge is 0.416 e. The van der Waals surface area contributed by atoms with Crippen molar-refractivity contribution in [3.05, 3.63) is 192 Å². The first-order valence-electron chi connectivity index (χ1n) is 22.4. The van der Waals surface area contributed by atoms with Crippen LogP contribution in [0, 0.1) is 0 Å². The van der Waals surface area contributed by atoms with E-state index in [4.69, 9.17) is 8.83 Å². The molecule has 0 aliphatic heterocycles. The van der Waals surface area contributed by atoms with Crippen molar-refractivity contribution in [1.29, 1.82) is 0 Å². The third kappa shape index (κ3) is 6.37. The van der Waals surface area contributed by atoms with E-state index in [1.165, 1.54) is 24.3 Å². The number of aryl methyl sites for hydroxylation is 2. The maximum Gasteiger partial charge on any atom is 0.416 e. The van der Waals surface area contributed by atoms with Crippen LogP contribution in [0.5, 0.6) is 0 Å². The maximum absolute atomic E-state index is 14.0. The lowest BCUT2D eigenvalue weighted by molar-refractivity contribution is -0.138. The molecule has 0 fully saturated rings. The Hall–Kier alpha value is -7.98. The average molecular weight is 909 g/mol. The first-order valence-corrected chi connectivity index (χ1v) is 22.4. The number of fused-ring (bicyclic) bond motifs is 6. The summed E-state index contributed by atoms with van der Waals surface area (Å²) in [5.41, 5.74) is 6.96. The van der Waals surface area contributed by atoms with Gasteiger partial charge in [0.05, 0.1) is 33.9 Å². The lowest BCUT2D eigenvalue weighted by Gasteiger charge is -2.29. The van der Waals surface area contributed by atoms with E-state index >= 15 is 0 Å². The molecule has 0 bridgehead atoms. The van der Waals surface area contributed by atoms with Crippen molar-refractivity contribution < 1.29 is 35.2 Å². The summed E-state index contributed by atoms with van der Waals surface area (Å²) in [6.45, 7) is 4.13. The molecule has 2 aromatic heterocycles. The van der Waals surface area contributed by atoms with E-state index in [0.717, 1.165) is 113 Å². The van der Waals surface area contributed by atoms with Crippen LogP contribution in [0.25, 0.3) is 76.2 Å². The van der Waals surface area contributed by atoms with E-state index in [-0.39, 0.29) is 0 Å². The minimum atomic E-state index is -4.54. The van der Waals surface area contributed by atoms with Gasteiger partial charge in [0, 0.05) is 43.7 Å². The standard InChI is InChI=1S/C58H38F6N2O2/c1-3-33-9-5-11-41-43-13-7-15-49(55(43)67-53(33)41)65(39-25-21-37(22-26-39)57(59,60)61)47-31-19-35-18-30-46-48(32-20-36-17-29-45(47)51(35)52(36)46)66(40-27-23-38(24-28-40)58(62,63)64)50-16-8-14-44-42-12-6-10-34(4-2)54(42)68-56(44)50/h5-32H,3-4H2,1-2H3. The van der Waals surface area contributed by atoms with Crippen molar-refractivity contribution in [2.75, 3.05) is 9.80 Å². The van der Waals surface area contributed by atoms with Crippen molar-refractivity contribution in [3.63, 3.8) is 0 Å². The highest BCUT2D eigenvalue weighted by Gasteiger charge is 2.33. The van der Waals surface area contributed by atoms with Gasteiger partial charge in [0.25, 0.3) is 0 Å². The van der Waals surface area contributed by atoms with E-state index in [2.05, 4.69) is 13.8 Å². The molecule has 0 amide bonds. The number of halogens is 6. The minimum Gasteiger partial charge on any atom is -0.454 e. The van der Waals surface area contributed by atoms with Gasteiger partial charge in [0.15, 0.2) is 11.2 Å². The fraction of sp³-hybridized carbons (Fsp3) is 0.103. The van der Waals surface area contributed by atoms with Gasteiger partial charge in [-0.3, -0.25) is 0 Å². The van der Waals surface area contributed by atoms with E-state index < -0.39 is 23.5 Å². The molecule has 68 heavy (non-hydrogen) atoms. The van der Waals surface area contributed by atoms with Crippen molar-refractivity contribution in [2.45, 2.75) is 39.0 Å². The number of anilines is 6. The minimum absolute atomic E-state index is 0.496. The molecule has 10 aromatic carbocycles. The normalized spacial score (nSPS) is 12.5. The first kappa shape index (κ1) is 41.5. The number of rotatable bonds is 8. The first-order chi connectivity index (χ1) is 32.9. The van der Waals surface area contributed by atoms with Gasteiger partial charge in [-0.25, -0.2) is 0 Å². The molecular weight excluding hydrogens is 871 g/mol. The molecule has 0 saturated carbocycles. The molecule has 0 spiro atoms. The Morgan fingerprint density at radius 2 is 0.706 bits per heavy atom. The van der Waals surface area contributed by atoms with Gasteiger partial charge in [0.1, 0.15) is 11.2 Å². The van der Waals surface area contributed by atoms with E-state index in [1.54, 1.807) is 0 Å². The average Bonchev–Trinajstić information content (AvgIpc) is 3.94. The SMILES string of the molecule is CCc1cccc2c1oc1c(N(c3ccc(C(F)(F)F)cc3)c3ccc4ccc5c(N(c6ccc(C(F)(F)F)cc6)c6cccc7c6oc6c(CC)cccc67)ccc6ccc3c4c65)cccc12. The highest BCUT2D eigenvalue weighted by atomic mass is 19.4. The maximum atomic E-state index is 14.0. The molecule has 0 atom stereocenters. The van der Waals surface area contributed by atoms with E-state index in [1.807, 2.05) is 131 Å². The molecule has 0 N–H and O–H groups in total. The zero-order valence-corrected chi connectivity index (χ0v) is 36.6. The second kappa shape index (κ2) is 15.3. The van der Waals surface area contributed by atoms with Gasteiger partial charge in [-0.05, 0) is 118 Å². The van der Waals surface area contributed by atoms with Gasteiger partial charge >= 0.3 is 12.4 Å². The third-order valence-corrected chi connectivity index (χ3v) is 13.4. The Morgan fingerprint density at radius 3 is 1.07 bits per heavy atom. The molecule has 2 heterocycles. The Bertz CT molecular complexity index is 3670. The Kier molecular flexibility index (Phi) is 9.32. The summed E-state index contributed by atoms with van der Waals surface area (Å²) in [6.07, 6.45) is -7.58. The molecule has 12 aromatic rings. The molecule has 10 heteroatoms. The second-order valence-electron chi connectivity index (χ2n) is 17.2. The van der Waals surface area contributed by atoms with Crippen LogP contribution in [0.1, 0.15) is 36.1 Å². The van der Waals surface area contributed by atoms with E-state index in [0.29, 0.717) is 45.3 Å². The fourth-order valence-corrected chi connectivity index (χ4v) is 10.2. The van der Waals surface area contributed by atoms with Gasteiger partial charge < -0.3 is 18.6 Å². The molecule has 0 aliphatic rings. The summed E-state index contributed by atoms with van der Waals surface area (Å²) in [5.74, 6) is 0. The Labute approximate surface area is 385 Å². The van der Waals surface area contributed by atoms with Crippen molar-refractivity contribution in [2.24, 2.45) is 0 Å².